The lowest BCUT2D eigenvalue weighted by molar-refractivity contribution is 0.535. The number of amidine groups is 1. The molecule has 0 atom stereocenters. The van der Waals surface area contributed by atoms with E-state index in [4.69, 9.17) is 11.1 Å². The fraction of sp³-hybridized carbons (Fsp3) is 0.562. The third-order valence-electron chi connectivity index (χ3n) is 3.89. The number of nitrogens with zero attached hydrogens (tertiary/aromatic N) is 1. The van der Waals surface area contributed by atoms with Crippen LogP contribution in [0, 0.1) is 11.3 Å². The Morgan fingerprint density at radius 2 is 2.05 bits per heavy atom. The minimum absolute atomic E-state index is 0.146. The number of benzene rings is 1. The third kappa shape index (κ3) is 3.54. The Morgan fingerprint density at radius 3 is 2.60 bits per heavy atom. The van der Waals surface area contributed by atoms with E-state index in [1.807, 2.05) is 12.1 Å². The molecule has 0 radical (unpaired) electrons. The maximum atomic E-state index is 7.85. The van der Waals surface area contributed by atoms with Crippen molar-refractivity contribution in [2.45, 2.75) is 45.6 Å². The standard InChI is InChI=1S/C16H24BrN3/c1-11(2)10-20(13-5-3-4-6-13)15-8-7-12(17)9-14(15)16(18)19/h7-9,11,13H,3-6,10H2,1-2H3,(H3,18,19). The first-order valence-electron chi connectivity index (χ1n) is 7.39. The van der Waals surface area contributed by atoms with E-state index in [0.29, 0.717) is 12.0 Å². The number of hydrogen-bond donors (Lipinski definition) is 2. The van der Waals surface area contributed by atoms with Gasteiger partial charge in [-0.25, -0.2) is 0 Å². The van der Waals surface area contributed by atoms with Gasteiger partial charge in [0.2, 0.25) is 0 Å². The highest BCUT2D eigenvalue weighted by molar-refractivity contribution is 9.10. The molecule has 1 fully saturated rings. The van der Waals surface area contributed by atoms with Crippen molar-refractivity contribution in [2.24, 2.45) is 11.7 Å². The maximum Gasteiger partial charge on any atom is 0.124 e. The molecule has 3 N–H and O–H groups in total. The summed E-state index contributed by atoms with van der Waals surface area (Å²) in [6, 6.07) is 6.70. The van der Waals surface area contributed by atoms with Crippen LogP contribution in [-0.4, -0.2) is 18.4 Å². The predicted octanol–water partition coefficient (Wildman–Crippen LogP) is 4.14. The van der Waals surface area contributed by atoms with Crippen molar-refractivity contribution in [3.05, 3.63) is 28.2 Å². The second-order valence-corrected chi connectivity index (χ2v) is 6.98. The van der Waals surface area contributed by atoms with Crippen LogP contribution in [-0.2, 0) is 0 Å². The number of rotatable bonds is 5. The van der Waals surface area contributed by atoms with E-state index in [2.05, 4.69) is 40.7 Å². The van der Waals surface area contributed by atoms with Crippen LogP contribution in [0.4, 0.5) is 5.69 Å². The fourth-order valence-electron chi connectivity index (χ4n) is 3.03. The van der Waals surface area contributed by atoms with Crippen LogP contribution in [0.2, 0.25) is 0 Å². The van der Waals surface area contributed by atoms with Gasteiger partial charge in [0, 0.05) is 28.3 Å². The highest BCUT2D eigenvalue weighted by Gasteiger charge is 2.25. The van der Waals surface area contributed by atoms with E-state index in [1.165, 1.54) is 25.7 Å². The summed E-state index contributed by atoms with van der Waals surface area (Å²) in [6.07, 6.45) is 5.12. The Balaban J connectivity index is 2.39. The lowest BCUT2D eigenvalue weighted by Gasteiger charge is -2.34. The molecule has 20 heavy (non-hydrogen) atoms. The van der Waals surface area contributed by atoms with Crippen molar-refractivity contribution >= 4 is 27.5 Å². The molecule has 110 valence electrons. The zero-order chi connectivity index (χ0) is 14.7. The molecular formula is C16H24BrN3. The topological polar surface area (TPSA) is 53.1 Å². The maximum absolute atomic E-state index is 7.85. The van der Waals surface area contributed by atoms with Gasteiger partial charge in [-0.2, -0.15) is 0 Å². The van der Waals surface area contributed by atoms with Crippen molar-refractivity contribution < 1.29 is 0 Å². The minimum atomic E-state index is 0.146. The van der Waals surface area contributed by atoms with Gasteiger partial charge >= 0.3 is 0 Å². The van der Waals surface area contributed by atoms with Gasteiger partial charge in [-0.3, -0.25) is 5.41 Å². The summed E-state index contributed by atoms with van der Waals surface area (Å²) in [4.78, 5) is 2.47. The largest absolute Gasteiger partial charge is 0.384 e. The van der Waals surface area contributed by atoms with Crippen LogP contribution in [0.5, 0.6) is 0 Å². The Labute approximate surface area is 130 Å². The van der Waals surface area contributed by atoms with Gasteiger partial charge in [0.1, 0.15) is 5.84 Å². The van der Waals surface area contributed by atoms with Gasteiger partial charge in [0.05, 0.1) is 0 Å². The summed E-state index contributed by atoms with van der Waals surface area (Å²) >= 11 is 3.48. The number of nitrogen functional groups attached to an aromatic ring is 1. The van der Waals surface area contributed by atoms with Crippen LogP contribution in [0.15, 0.2) is 22.7 Å². The quantitative estimate of drug-likeness (QED) is 0.626. The Hall–Kier alpha value is -1.03. The molecule has 0 heterocycles. The summed E-state index contributed by atoms with van der Waals surface area (Å²) in [5.41, 5.74) is 7.74. The van der Waals surface area contributed by atoms with Gasteiger partial charge in [-0.1, -0.05) is 42.6 Å². The molecule has 1 aromatic rings. The second kappa shape index (κ2) is 6.61. The highest BCUT2D eigenvalue weighted by atomic mass is 79.9. The number of nitrogens with one attached hydrogen (secondary N) is 1. The molecule has 0 aliphatic heterocycles. The molecular weight excluding hydrogens is 314 g/mol. The molecule has 0 aromatic heterocycles. The first-order valence-corrected chi connectivity index (χ1v) is 8.19. The van der Waals surface area contributed by atoms with Crippen molar-refractivity contribution in [3.63, 3.8) is 0 Å². The van der Waals surface area contributed by atoms with Gasteiger partial charge in [0.25, 0.3) is 0 Å². The normalized spacial score (nSPS) is 15.8. The predicted molar refractivity (Wildman–Crippen MR) is 89.6 cm³/mol. The van der Waals surface area contributed by atoms with Crippen molar-refractivity contribution in [1.29, 1.82) is 5.41 Å². The third-order valence-corrected chi connectivity index (χ3v) is 4.38. The van der Waals surface area contributed by atoms with Crippen LogP contribution < -0.4 is 10.6 Å². The smallest absolute Gasteiger partial charge is 0.124 e. The van der Waals surface area contributed by atoms with Gasteiger partial charge in [-0.15, -0.1) is 0 Å². The number of nitrogens with two attached hydrogens (primary N) is 1. The Morgan fingerprint density at radius 1 is 1.40 bits per heavy atom. The average Bonchev–Trinajstić information content (AvgIpc) is 2.89. The van der Waals surface area contributed by atoms with E-state index >= 15 is 0 Å². The summed E-state index contributed by atoms with van der Waals surface area (Å²) in [5.74, 6) is 0.743. The van der Waals surface area contributed by atoms with Crippen molar-refractivity contribution in [1.82, 2.24) is 0 Å². The Kier molecular flexibility index (Phi) is 5.08. The molecule has 4 heteroatoms. The monoisotopic (exact) mass is 337 g/mol. The average molecular weight is 338 g/mol. The fourth-order valence-corrected chi connectivity index (χ4v) is 3.39. The van der Waals surface area contributed by atoms with Crippen LogP contribution >= 0.6 is 15.9 Å². The lowest BCUT2D eigenvalue weighted by atomic mass is 10.1. The molecule has 3 nitrogen and oxygen atoms in total. The first-order chi connectivity index (χ1) is 9.49. The van der Waals surface area contributed by atoms with E-state index < -0.39 is 0 Å². The van der Waals surface area contributed by atoms with Crippen LogP contribution in [0.3, 0.4) is 0 Å². The molecule has 0 amide bonds. The highest BCUT2D eigenvalue weighted by Crippen LogP contribution is 2.32. The first kappa shape index (κ1) is 15.4. The van der Waals surface area contributed by atoms with E-state index in [0.717, 1.165) is 22.3 Å². The van der Waals surface area contributed by atoms with Gasteiger partial charge in [-0.05, 0) is 37.0 Å². The molecule has 1 aliphatic rings. The number of anilines is 1. The molecule has 1 saturated carbocycles. The summed E-state index contributed by atoms with van der Waals surface area (Å²) < 4.78 is 0.974. The summed E-state index contributed by atoms with van der Waals surface area (Å²) in [5, 5.41) is 7.85. The molecule has 1 aliphatic carbocycles. The summed E-state index contributed by atoms with van der Waals surface area (Å²) in [7, 11) is 0. The SMILES string of the molecule is CC(C)CN(c1ccc(Br)cc1C(=N)N)C1CCCC1. The minimum Gasteiger partial charge on any atom is -0.384 e. The van der Waals surface area contributed by atoms with E-state index in [1.54, 1.807) is 0 Å². The van der Waals surface area contributed by atoms with Crippen molar-refractivity contribution in [3.8, 4) is 0 Å². The van der Waals surface area contributed by atoms with E-state index in [9.17, 15) is 0 Å². The molecule has 1 aromatic carbocycles. The molecule has 2 rings (SSSR count). The lowest BCUT2D eigenvalue weighted by Crippen LogP contribution is -2.37. The Bertz CT molecular complexity index is 479. The zero-order valence-electron chi connectivity index (χ0n) is 12.3. The van der Waals surface area contributed by atoms with Crippen LogP contribution in [0.25, 0.3) is 0 Å². The van der Waals surface area contributed by atoms with Crippen molar-refractivity contribution in [2.75, 3.05) is 11.4 Å². The second-order valence-electron chi connectivity index (χ2n) is 6.06. The zero-order valence-corrected chi connectivity index (χ0v) is 13.9. The van der Waals surface area contributed by atoms with Gasteiger partial charge in [0.15, 0.2) is 0 Å². The molecule has 0 unspecified atom stereocenters. The van der Waals surface area contributed by atoms with E-state index in [-0.39, 0.29) is 5.84 Å². The molecule has 0 saturated heterocycles. The molecule has 0 bridgehead atoms. The van der Waals surface area contributed by atoms with Crippen LogP contribution in [0.1, 0.15) is 45.1 Å². The number of halogens is 1. The molecule has 0 spiro atoms. The number of hydrogen-bond acceptors (Lipinski definition) is 2. The summed E-state index contributed by atoms with van der Waals surface area (Å²) in [6.45, 7) is 5.51. The van der Waals surface area contributed by atoms with Gasteiger partial charge < -0.3 is 10.6 Å².